The van der Waals surface area contributed by atoms with E-state index in [-0.39, 0.29) is 12.0 Å². The van der Waals surface area contributed by atoms with Crippen molar-refractivity contribution in [1.29, 1.82) is 0 Å². The molecule has 0 aromatic heterocycles. The van der Waals surface area contributed by atoms with Gasteiger partial charge in [0.25, 0.3) is 0 Å². The van der Waals surface area contributed by atoms with Crippen molar-refractivity contribution in [1.82, 2.24) is 4.72 Å². The molecule has 0 aliphatic heterocycles. The SMILES string of the molecule is COC(=O)CCC/C=C\CC1=CCC[C@@H]1NS(=O)(=O)c1ccc(C)cc1. The summed E-state index contributed by atoms with van der Waals surface area (Å²) in [6, 6.07) is 6.73. The predicted molar refractivity (Wildman–Crippen MR) is 102 cm³/mol. The van der Waals surface area contributed by atoms with Gasteiger partial charge in [0.05, 0.1) is 12.0 Å². The molecule has 0 radical (unpaired) electrons. The number of methoxy groups -OCH3 is 1. The molecular weight excluding hydrogens is 350 g/mol. The van der Waals surface area contributed by atoms with Crippen LogP contribution in [0.15, 0.2) is 53.0 Å². The average Bonchev–Trinajstić information content (AvgIpc) is 3.04. The van der Waals surface area contributed by atoms with Gasteiger partial charge < -0.3 is 4.74 Å². The highest BCUT2D eigenvalue weighted by molar-refractivity contribution is 7.89. The lowest BCUT2D eigenvalue weighted by atomic mass is 10.1. The summed E-state index contributed by atoms with van der Waals surface area (Å²) in [5.74, 6) is -0.192. The molecule has 1 aromatic rings. The highest BCUT2D eigenvalue weighted by Gasteiger charge is 2.24. The van der Waals surface area contributed by atoms with E-state index in [9.17, 15) is 13.2 Å². The highest BCUT2D eigenvalue weighted by atomic mass is 32.2. The average molecular weight is 378 g/mol. The van der Waals surface area contributed by atoms with Crippen molar-refractivity contribution < 1.29 is 17.9 Å². The third-order valence-electron chi connectivity index (χ3n) is 4.44. The molecule has 0 fully saturated rings. The molecule has 0 bridgehead atoms. The summed E-state index contributed by atoms with van der Waals surface area (Å²) in [6.07, 6.45) is 10.6. The summed E-state index contributed by atoms with van der Waals surface area (Å²) < 4.78 is 32.5. The molecule has 1 aliphatic rings. The number of hydrogen-bond acceptors (Lipinski definition) is 4. The van der Waals surface area contributed by atoms with E-state index in [2.05, 4.69) is 15.5 Å². The van der Waals surface area contributed by atoms with Crippen molar-refractivity contribution in [2.45, 2.75) is 56.4 Å². The Kier molecular flexibility index (Phi) is 7.60. The van der Waals surface area contributed by atoms with Crippen molar-refractivity contribution >= 4 is 16.0 Å². The number of ether oxygens (including phenoxy) is 1. The predicted octanol–water partition coefficient (Wildman–Crippen LogP) is 3.65. The molecule has 0 saturated carbocycles. The van der Waals surface area contributed by atoms with Crippen LogP contribution in [0.25, 0.3) is 0 Å². The number of carbonyl (C=O) groups is 1. The van der Waals surface area contributed by atoms with Crippen LogP contribution in [0, 0.1) is 6.92 Å². The number of hydrogen-bond donors (Lipinski definition) is 1. The summed E-state index contributed by atoms with van der Waals surface area (Å²) in [5.41, 5.74) is 2.13. The topological polar surface area (TPSA) is 72.5 Å². The zero-order valence-corrected chi connectivity index (χ0v) is 16.2. The maximum atomic E-state index is 12.6. The Bertz CT molecular complexity index is 764. The second kappa shape index (κ2) is 9.69. The Hall–Kier alpha value is -1.92. The molecule has 1 N–H and O–H groups in total. The van der Waals surface area contributed by atoms with Crippen molar-refractivity contribution in [2.75, 3.05) is 7.11 Å². The quantitative estimate of drug-likeness (QED) is 0.405. The number of sulfonamides is 1. The van der Waals surface area contributed by atoms with Crippen LogP contribution >= 0.6 is 0 Å². The highest BCUT2D eigenvalue weighted by Crippen LogP contribution is 2.24. The number of unbranched alkanes of at least 4 members (excludes halogenated alkanes) is 1. The Morgan fingerprint density at radius 3 is 2.69 bits per heavy atom. The van der Waals surface area contributed by atoms with Gasteiger partial charge in [-0.3, -0.25) is 4.79 Å². The van der Waals surface area contributed by atoms with Gasteiger partial charge in [-0.1, -0.05) is 41.5 Å². The number of nitrogens with one attached hydrogen (secondary N) is 1. The molecule has 0 spiro atoms. The molecule has 5 nitrogen and oxygen atoms in total. The minimum absolute atomic E-state index is 0.152. The van der Waals surface area contributed by atoms with Crippen molar-refractivity contribution in [2.24, 2.45) is 0 Å². The second-order valence-corrected chi connectivity index (χ2v) is 8.20. The van der Waals surface area contributed by atoms with Crippen LogP contribution in [-0.4, -0.2) is 27.5 Å². The molecule has 0 unspecified atom stereocenters. The summed E-state index contributed by atoms with van der Waals surface area (Å²) in [6.45, 7) is 1.93. The maximum Gasteiger partial charge on any atom is 0.305 e. The normalized spacial score (nSPS) is 17.5. The molecular formula is C20H27NO4S. The van der Waals surface area contributed by atoms with Crippen LogP contribution in [0.3, 0.4) is 0 Å². The number of rotatable bonds is 9. The van der Waals surface area contributed by atoms with Gasteiger partial charge in [-0.05, 0) is 51.2 Å². The molecule has 0 heterocycles. The van der Waals surface area contributed by atoms with E-state index in [0.717, 1.165) is 43.2 Å². The van der Waals surface area contributed by atoms with Gasteiger partial charge in [0, 0.05) is 12.5 Å². The Balaban J connectivity index is 1.85. The molecule has 1 aliphatic carbocycles. The van der Waals surface area contributed by atoms with Crippen LogP contribution in [0.4, 0.5) is 0 Å². The first kappa shape index (κ1) is 20.4. The number of carbonyl (C=O) groups excluding carboxylic acids is 1. The number of allylic oxidation sites excluding steroid dienone is 3. The van der Waals surface area contributed by atoms with Crippen molar-refractivity contribution in [3.8, 4) is 0 Å². The summed E-state index contributed by atoms with van der Waals surface area (Å²) in [5, 5.41) is 0. The summed E-state index contributed by atoms with van der Waals surface area (Å²) >= 11 is 0. The molecule has 26 heavy (non-hydrogen) atoms. The molecule has 1 atom stereocenters. The standard InChI is InChI=1S/C20H27NO4S/c1-16-12-14-18(15-13-16)26(23,24)21-19-10-7-9-17(19)8-5-3-4-6-11-20(22)25-2/h3,5,9,12-15,19,21H,4,6-8,10-11H2,1-2H3/b5-3-/t19-/m0/s1. The summed E-state index contributed by atoms with van der Waals surface area (Å²) in [4.78, 5) is 11.3. The van der Waals surface area contributed by atoms with Crippen LogP contribution in [0.1, 0.15) is 44.1 Å². The van der Waals surface area contributed by atoms with Crippen LogP contribution in [0.2, 0.25) is 0 Å². The van der Waals surface area contributed by atoms with E-state index >= 15 is 0 Å². The largest absolute Gasteiger partial charge is 0.469 e. The van der Waals surface area contributed by atoms with Crippen LogP contribution in [-0.2, 0) is 19.6 Å². The number of benzene rings is 1. The van der Waals surface area contributed by atoms with Gasteiger partial charge in [-0.15, -0.1) is 0 Å². The monoisotopic (exact) mass is 377 g/mol. The maximum absolute atomic E-state index is 12.6. The van der Waals surface area contributed by atoms with Gasteiger partial charge in [0.1, 0.15) is 0 Å². The lowest BCUT2D eigenvalue weighted by molar-refractivity contribution is -0.140. The third-order valence-corrected chi connectivity index (χ3v) is 5.93. The summed E-state index contributed by atoms with van der Waals surface area (Å²) in [7, 11) is -2.12. The number of esters is 1. The van der Waals surface area contributed by atoms with E-state index in [1.165, 1.54) is 7.11 Å². The zero-order chi connectivity index (χ0) is 19.0. The minimum atomic E-state index is -3.51. The van der Waals surface area contributed by atoms with Gasteiger partial charge in [-0.25, -0.2) is 13.1 Å². The fraction of sp³-hybridized carbons (Fsp3) is 0.450. The van der Waals surface area contributed by atoms with Gasteiger partial charge in [0.15, 0.2) is 0 Å². The first-order chi connectivity index (χ1) is 12.4. The van der Waals surface area contributed by atoms with E-state index < -0.39 is 10.0 Å². The molecule has 2 rings (SSSR count). The van der Waals surface area contributed by atoms with Crippen LogP contribution < -0.4 is 4.72 Å². The molecule has 0 amide bonds. The molecule has 6 heteroatoms. The fourth-order valence-electron chi connectivity index (χ4n) is 2.90. The van der Waals surface area contributed by atoms with Gasteiger partial charge >= 0.3 is 5.97 Å². The lowest BCUT2D eigenvalue weighted by Gasteiger charge is -2.16. The van der Waals surface area contributed by atoms with E-state index in [1.54, 1.807) is 24.3 Å². The Morgan fingerprint density at radius 1 is 1.27 bits per heavy atom. The third kappa shape index (κ3) is 6.11. The Morgan fingerprint density at radius 2 is 2.00 bits per heavy atom. The minimum Gasteiger partial charge on any atom is -0.469 e. The lowest BCUT2D eigenvalue weighted by Crippen LogP contribution is -2.34. The first-order valence-electron chi connectivity index (χ1n) is 8.92. The molecule has 1 aromatic carbocycles. The van der Waals surface area contributed by atoms with E-state index in [1.807, 2.05) is 19.1 Å². The van der Waals surface area contributed by atoms with Crippen molar-refractivity contribution in [3.63, 3.8) is 0 Å². The smallest absolute Gasteiger partial charge is 0.305 e. The first-order valence-corrected chi connectivity index (χ1v) is 10.4. The molecule has 0 saturated heterocycles. The Labute approximate surface area is 156 Å². The molecule has 142 valence electrons. The van der Waals surface area contributed by atoms with Gasteiger partial charge in [0.2, 0.25) is 10.0 Å². The fourth-order valence-corrected chi connectivity index (χ4v) is 4.17. The van der Waals surface area contributed by atoms with Crippen molar-refractivity contribution in [3.05, 3.63) is 53.6 Å². The van der Waals surface area contributed by atoms with E-state index in [0.29, 0.717) is 11.3 Å². The zero-order valence-electron chi connectivity index (χ0n) is 15.4. The van der Waals surface area contributed by atoms with E-state index in [4.69, 9.17) is 0 Å². The van der Waals surface area contributed by atoms with Crippen LogP contribution in [0.5, 0.6) is 0 Å². The van der Waals surface area contributed by atoms with Gasteiger partial charge in [-0.2, -0.15) is 0 Å². The number of aryl methyl sites for hydroxylation is 1. The second-order valence-electron chi connectivity index (χ2n) is 6.49.